The molecule has 0 bridgehead atoms. The van der Waals surface area contributed by atoms with Crippen molar-refractivity contribution in [3.05, 3.63) is 60.0 Å². The van der Waals surface area contributed by atoms with Gasteiger partial charge in [0.1, 0.15) is 17.1 Å². The third-order valence-corrected chi connectivity index (χ3v) is 4.25. The highest BCUT2D eigenvalue weighted by atomic mass is 16.5. The van der Waals surface area contributed by atoms with E-state index in [9.17, 15) is 9.90 Å². The van der Waals surface area contributed by atoms with Gasteiger partial charge in [-0.2, -0.15) is 0 Å². The number of rotatable bonds is 5. The summed E-state index contributed by atoms with van der Waals surface area (Å²) in [7, 11) is 0. The van der Waals surface area contributed by atoms with E-state index in [0.29, 0.717) is 12.0 Å². The predicted octanol–water partition coefficient (Wildman–Crippen LogP) is 3.40. The molecule has 0 saturated carbocycles. The van der Waals surface area contributed by atoms with Crippen LogP contribution < -0.4 is 4.74 Å². The first-order chi connectivity index (χ1) is 11.2. The Kier molecular flexibility index (Phi) is 4.38. The normalized spacial score (nSPS) is 19.9. The van der Waals surface area contributed by atoms with Gasteiger partial charge in [0.15, 0.2) is 12.0 Å². The van der Waals surface area contributed by atoms with Crippen LogP contribution in [0.3, 0.4) is 0 Å². The number of carbonyl (C=O) groups excluding carboxylic acids is 1. The Labute approximate surface area is 136 Å². The first-order valence-electron chi connectivity index (χ1n) is 7.80. The first-order valence-corrected chi connectivity index (χ1v) is 7.80. The summed E-state index contributed by atoms with van der Waals surface area (Å²) in [5.41, 5.74) is 1.37. The molecule has 2 aliphatic rings. The minimum absolute atomic E-state index is 0.0722. The number of allylic oxidation sites excluding steroid dienone is 4. The monoisotopic (exact) mass is 309 g/mol. The number of ether oxygens (including phenoxy) is 1. The predicted molar refractivity (Wildman–Crippen MR) is 87.1 cm³/mol. The Morgan fingerprint density at radius 3 is 3.13 bits per heavy atom. The lowest BCUT2D eigenvalue weighted by atomic mass is 10.1. The van der Waals surface area contributed by atoms with Crippen LogP contribution in [0.2, 0.25) is 0 Å². The van der Waals surface area contributed by atoms with Crippen LogP contribution >= 0.6 is 0 Å². The molecule has 0 radical (unpaired) electrons. The Morgan fingerprint density at radius 1 is 1.52 bits per heavy atom. The SMILES string of the molecule is C=C(Oc1c#ccc(O)c1C=O)[C@H]1CCCN1C1=CC=CCC1. The maximum Gasteiger partial charge on any atom is 0.191 e. The second-order valence-corrected chi connectivity index (χ2v) is 5.70. The van der Waals surface area contributed by atoms with Crippen LogP contribution in [0, 0.1) is 12.1 Å². The molecule has 1 aliphatic carbocycles. The summed E-state index contributed by atoms with van der Waals surface area (Å²) >= 11 is 0. The van der Waals surface area contributed by atoms with Gasteiger partial charge in [0.05, 0.1) is 6.04 Å². The summed E-state index contributed by atoms with van der Waals surface area (Å²) in [6.07, 6.45) is 11.0. The Hall–Kier alpha value is -2.67. The van der Waals surface area contributed by atoms with Gasteiger partial charge in [-0.1, -0.05) is 24.8 Å². The highest BCUT2D eigenvalue weighted by Crippen LogP contribution is 2.32. The van der Waals surface area contributed by atoms with E-state index >= 15 is 0 Å². The zero-order valence-corrected chi connectivity index (χ0v) is 12.9. The lowest BCUT2D eigenvalue weighted by molar-refractivity contribution is 0.111. The van der Waals surface area contributed by atoms with Crippen LogP contribution in [0.15, 0.2) is 42.3 Å². The zero-order valence-electron chi connectivity index (χ0n) is 12.9. The maximum absolute atomic E-state index is 11.1. The zero-order chi connectivity index (χ0) is 16.2. The Bertz CT molecular complexity index is 675. The molecule has 1 aromatic carbocycles. The molecule has 1 aromatic rings. The van der Waals surface area contributed by atoms with Crippen LogP contribution in [0.1, 0.15) is 36.0 Å². The summed E-state index contributed by atoms with van der Waals surface area (Å²) in [5.74, 6) is 0.579. The van der Waals surface area contributed by atoms with Crippen molar-refractivity contribution < 1.29 is 14.6 Å². The molecule has 1 atom stereocenters. The molecular formula is C19H19NO3. The molecule has 4 nitrogen and oxygen atoms in total. The van der Waals surface area contributed by atoms with E-state index in [1.165, 1.54) is 11.8 Å². The second-order valence-electron chi connectivity index (χ2n) is 5.70. The van der Waals surface area contributed by atoms with E-state index in [1.54, 1.807) is 0 Å². The van der Waals surface area contributed by atoms with Crippen molar-refractivity contribution in [2.45, 2.75) is 31.7 Å². The van der Waals surface area contributed by atoms with Gasteiger partial charge < -0.3 is 14.7 Å². The fourth-order valence-electron chi connectivity index (χ4n) is 3.10. The van der Waals surface area contributed by atoms with Crippen LogP contribution in [-0.4, -0.2) is 28.9 Å². The van der Waals surface area contributed by atoms with Crippen LogP contribution in [0.25, 0.3) is 0 Å². The average Bonchev–Trinajstić information content (AvgIpc) is 3.06. The van der Waals surface area contributed by atoms with E-state index < -0.39 is 0 Å². The molecule has 4 heteroatoms. The summed E-state index contributed by atoms with van der Waals surface area (Å²) in [6.45, 7) is 5.02. The molecule has 0 unspecified atom stereocenters. The van der Waals surface area contributed by atoms with Gasteiger partial charge in [-0.25, -0.2) is 0 Å². The van der Waals surface area contributed by atoms with Crippen molar-refractivity contribution in [3.63, 3.8) is 0 Å². The topological polar surface area (TPSA) is 49.8 Å². The molecule has 1 fully saturated rings. The van der Waals surface area contributed by atoms with Gasteiger partial charge in [0.25, 0.3) is 0 Å². The Morgan fingerprint density at radius 2 is 2.39 bits per heavy atom. The number of hydrogen-bond donors (Lipinski definition) is 1. The molecule has 3 rings (SSSR count). The molecule has 1 saturated heterocycles. The number of nitrogens with zero attached hydrogens (tertiary/aromatic N) is 1. The number of aldehydes is 1. The van der Waals surface area contributed by atoms with Crippen molar-refractivity contribution in [1.82, 2.24) is 4.90 Å². The summed E-state index contributed by atoms with van der Waals surface area (Å²) in [6, 6.07) is 6.74. The molecule has 1 aliphatic heterocycles. The van der Waals surface area contributed by atoms with E-state index in [2.05, 4.69) is 41.8 Å². The molecule has 0 spiro atoms. The molecule has 0 aromatic heterocycles. The van der Waals surface area contributed by atoms with Crippen LogP contribution in [0.5, 0.6) is 11.5 Å². The van der Waals surface area contributed by atoms with Crippen molar-refractivity contribution >= 4 is 6.29 Å². The highest BCUT2D eigenvalue weighted by molar-refractivity contribution is 5.82. The number of hydrogen-bond acceptors (Lipinski definition) is 4. The molecule has 118 valence electrons. The molecule has 1 heterocycles. The van der Waals surface area contributed by atoms with Gasteiger partial charge in [0.2, 0.25) is 0 Å². The van der Waals surface area contributed by atoms with Gasteiger partial charge in [-0.15, -0.1) is 0 Å². The summed E-state index contributed by atoms with van der Waals surface area (Å²) < 4.78 is 5.76. The molecule has 23 heavy (non-hydrogen) atoms. The largest absolute Gasteiger partial charge is 0.506 e. The van der Waals surface area contributed by atoms with Gasteiger partial charge in [0, 0.05) is 18.3 Å². The van der Waals surface area contributed by atoms with Crippen molar-refractivity contribution in [3.8, 4) is 11.5 Å². The molecular weight excluding hydrogens is 290 g/mol. The quantitative estimate of drug-likeness (QED) is 0.669. The van der Waals surface area contributed by atoms with E-state index in [0.717, 1.165) is 32.2 Å². The molecule has 1 N–H and O–H groups in total. The van der Waals surface area contributed by atoms with Gasteiger partial charge in [-0.05, 0) is 37.8 Å². The van der Waals surface area contributed by atoms with Crippen molar-refractivity contribution in [2.24, 2.45) is 0 Å². The lowest BCUT2D eigenvalue weighted by Gasteiger charge is -2.30. The first kappa shape index (κ1) is 15.2. The van der Waals surface area contributed by atoms with E-state index in [-0.39, 0.29) is 23.1 Å². The third-order valence-electron chi connectivity index (χ3n) is 4.25. The smallest absolute Gasteiger partial charge is 0.191 e. The Balaban J connectivity index is 1.77. The maximum atomic E-state index is 11.1. The minimum Gasteiger partial charge on any atom is -0.506 e. The number of aromatic hydroxyl groups is 1. The third kappa shape index (κ3) is 3.09. The number of likely N-dealkylation sites (tertiary alicyclic amines) is 1. The average molecular weight is 309 g/mol. The van der Waals surface area contributed by atoms with Gasteiger partial charge in [-0.3, -0.25) is 4.79 Å². The number of carbonyl (C=O) groups is 1. The summed E-state index contributed by atoms with van der Waals surface area (Å²) in [4.78, 5) is 13.5. The molecule has 0 amide bonds. The van der Waals surface area contributed by atoms with Crippen LogP contribution in [-0.2, 0) is 0 Å². The highest BCUT2D eigenvalue weighted by Gasteiger charge is 2.30. The van der Waals surface area contributed by atoms with Gasteiger partial charge >= 0.3 is 0 Å². The van der Waals surface area contributed by atoms with Crippen molar-refractivity contribution in [2.75, 3.05) is 6.54 Å². The van der Waals surface area contributed by atoms with Crippen molar-refractivity contribution in [1.29, 1.82) is 0 Å². The standard InChI is InChI=1S/C19H19NO3/c1-14(23-19-11-5-10-18(22)16(19)13-21)17-9-6-12-20(17)15-7-3-2-4-8-15/h2-3,7,10,13,17,22H,1,4,6,8-9,12H2/t17-/m1/s1. The van der Waals surface area contributed by atoms with E-state index in [1.807, 2.05) is 0 Å². The van der Waals surface area contributed by atoms with Crippen LogP contribution in [0.4, 0.5) is 0 Å². The second kappa shape index (κ2) is 6.62. The lowest BCUT2D eigenvalue weighted by Crippen LogP contribution is -2.32. The fourth-order valence-corrected chi connectivity index (χ4v) is 3.10. The fraction of sp³-hybridized carbons (Fsp3) is 0.316. The minimum atomic E-state index is -0.162. The summed E-state index contributed by atoms with van der Waals surface area (Å²) in [5, 5.41) is 9.71. The van der Waals surface area contributed by atoms with E-state index in [4.69, 9.17) is 4.74 Å².